The first kappa shape index (κ1) is 20.6. The summed E-state index contributed by atoms with van der Waals surface area (Å²) in [6.07, 6.45) is 3.92. The van der Waals surface area contributed by atoms with Gasteiger partial charge >= 0.3 is 0 Å². The van der Waals surface area contributed by atoms with Crippen LogP contribution in [0.3, 0.4) is 0 Å². The number of pyridine rings is 1. The third-order valence-electron chi connectivity index (χ3n) is 7.05. The van der Waals surface area contributed by atoms with Gasteiger partial charge in [0.05, 0.1) is 11.5 Å². The minimum Gasteiger partial charge on any atom is -0.341 e. The molecule has 0 saturated carbocycles. The highest BCUT2D eigenvalue weighted by molar-refractivity contribution is 7.91. The van der Waals surface area contributed by atoms with Gasteiger partial charge in [-0.15, -0.1) is 0 Å². The van der Waals surface area contributed by atoms with Gasteiger partial charge in [-0.3, -0.25) is 9.59 Å². The number of piperidine rings is 1. The van der Waals surface area contributed by atoms with E-state index in [0.29, 0.717) is 31.8 Å². The molecule has 3 atom stereocenters. The van der Waals surface area contributed by atoms with Crippen LogP contribution in [0.4, 0.5) is 0 Å². The van der Waals surface area contributed by atoms with Crippen LogP contribution in [-0.2, 0) is 14.6 Å². The van der Waals surface area contributed by atoms with Gasteiger partial charge in [-0.1, -0.05) is 19.9 Å². The highest BCUT2D eigenvalue weighted by Crippen LogP contribution is 2.43. The second kappa shape index (κ2) is 7.89. The lowest BCUT2D eigenvalue weighted by atomic mass is 9.76. The Kier molecular flexibility index (Phi) is 5.62. The Labute approximate surface area is 173 Å². The summed E-state index contributed by atoms with van der Waals surface area (Å²) in [5.41, 5.74) is 1.13. The van der Waals surface area contributed by atoms with Gasteiger partial charge < -0.3 is 9.47 Å². The van der Waals surface area contributed by atoms with E-state index in [4.69, 9.17) is 0 Å². The van der Waals surface area contributed by atoms with Gasteiger partial charge in [-0.05, 0) is 50.0 Å². The van der Waals surface area contributed by atoms with E-state index in [1.807, 2.05) is 21.6 Å². The molecule has 2 saturated heterocycles. The fourth-order valence-corrected chi connectivity index (χ4v) is 6.98. The zero-order valence-electron chi connectivity index (χ0n) is 17.4. The molecule has 0 unspecified atom stereocenters. The van der Waals surface area contributed by atoms with Crippen LogP contribution in [-0.4, -0.2) is 48.4 Å². The first-order valence-electron chi connectivity index (χ1n) is 11.0. The zero-order valence-corrected chi connectivity index (χ0v) is 18.2. The normalized spacial score (nSPS) is 28.9. The van der Waals surface area contributed by atoms with Gasteiger partial charge in [0, 0.05) is 42.7 Å². The van der Waals surface area contributed by atoms with Crippen LogP contribution in [0.1, 0.15) is 63.6 Å². The summed E-state index contributed by atoms with van der Waals surface area (Å²) in [5, 5.41) is 0. The van der Waals surface area contributed by atoms with E-state index in [1.165, 1.54) is 0 Å². The molecule has 2 bridgehead atoms. The predicted octanol–water partition coefficient (Wildman–Crippen LogP) is 2.60. The number of likely N-dealkylation sites (tertiary alicyclic amines) is 1. The van der Waals surface area contributed by atoms with Crippen LogP contribution in [0.15, 0.2) is 23.0 Å². The number of carbonyl (C=O) groups excluding carboxylic acids is 1. The molecule has 0 N–H and O–H groups in total. The molecular weight excluding hydrogens is 388 g/mol. The van der Waals surface area contributed by atoms with Crippen LogP contribution in [0.25, 0.3) is 0 Å². The van der Waals surface area contributed by atoms with Gasteiger partial charge in [0.1, 0.15) is 9.84 Å². The van der Waals surface area contributed by atoms with Gasteiger partial charge in [0.25, 0.3) is 5.56 Å². The Morgan fingerprint density at radius 3 is 2.59 bits per heavy atom. The molecule has 0 aromatic carbocycles. The van der Waals surface area contributed by atoms with Crippen molar-refractivity contribution in [2.45, 2.75) is 57.9 Å². The van der Waals surface area contributed by atoms with Crippen molar-refractivity contribution in [1.82, 2.24) is 9.47 Å². The maximum Gasteiger partial charge on any atom is 0.250 e. The monoisotopic (exact) mass is 420 g/mol. The van der Waals surface area contributed by atoms with Crippen LogP contribution in [0, 0.1) is 17.8 Å². The highest BCUT2D eigenvalue weighted by atomic mass is 32.2. The number of rotatable bonds is 4. The second-order valence-corrected chi connectivity index (χ2v) is 11.9. The molecule has 0 radical (unpaired) electrons. The third kappa shape index (κ3) is 4.16. The molecule has 3 aliphatic rings. The van der Waals surface area contributed by atoms with Gasteiger partial charge in [0.15, 0.2) is 0 Å². The molecule has 3 aliphatic heterocycles. The summed E-state index contributed by atoms with van der Waals surface area (Å²) >= 11 is 0. The first-order chi connectivity index (χ1) is 13.7. The number of hydrogen-bond acceptors (Lipinski definition) is 4. The highest BCUT2D eigenvalue weighted by Gasteiger charge is 2.43. The summed E-state index contributed by atoms with van der Waals surface area (Å²) in [4.78, 5) is 27.9. The summed E-state index contributed by atoms with van der Waals surface area (Å²) in [5.74, 6) is 1.23. The number of nitrogens with zero attached hydrogens (tertiary/aromatic N) is 2. The number of sulfone groups is 1. The lowest BCUT2D eigenvalue weighted by Crippen LogP contribution is -2.52. The van der Waals surface area contributed by atoms with E-state index in [2.05, 4.69) is 13.8 Å². The SMILES string of the molecule is CC(C)CC[C@H]1[C@H]2C[C@H](CN(C(=O)C3CCS(=O)(=O)CC3)C2)c2cccc(=O)n21. The fraction of sp³-hybridized carbons (Fsp3) is 0.727. The average molecular weight is 421 g/mol. The number of hydrogen-bond donors (Lipinski definition) is 0. The molecule has 29 heavy (non-hydrogen) atoms. The molecule has 1 aromatic heterocycles. The van der Waals surface area contributed by atoms with E-state index in [9.17, 15) is 18.0 Å². The summed E-state index contributed by atoms with van der Waals surface area (Å²) in [6, 6.07) is 5.67. The van der Waals surface area contributed by atoms with Crippen LogP contribution < -0.4 is 5.56 Å². The van der Waals surface area contributed by atoms with E-state index in [1.54, 1.807) is 6.07 Å². The van der Waals surface area contributed by atoms with Crippen molar-refractivity contribution in [3.63, 3.8) is 0 Å². The molecule has 0 spiro atoms. The molecule has 1 aromatic rings. The molecule has 160 valence electrons. The minimum absolute atomic E-state index is 0.0724. The Morgan fingerprint density at radius 2 is 1.90 bits per heavy atom. The molecular formula is C22H32N2O4S. The maximum absolute atomic E-state index is 13.2. The quantitative estimate of drug-likeness (QED) is 0.750. The average Bonchev–Trinajstić information content (AvgIpc) is 2.67. The van der Waals surface area contributed by atoms with Crippen LogP contribution in [0.2, 0.25) is 0 Å². The largest absolute Gasteiger partial charge is 0.341 e. The van der Waals surface area contributed by atoms with Crippen molar-refractivity contribution in [2.24, 2.45) is 17.8 Å². The van der Waals surface area contributed by atoms with Gasteiger partial charge in [0.2, 0.25) is 5.91 Å². The molecule has 2 fully saturated rings. The van der Waals surface area contributed by atoms with E-state index < -0.39 is 9.84 Å². The lowest BCUT2D eigenvalue weighted by molar-refractivity contribution is -0.139. The predicted molar refractivity (Wildman–Crippen MR) is 113 cm³/mol. The second-order valence-electron chi connectivity index (χ2n) is 9.56. The molecule has 6 nitrogen and oxygen atoms in total. The van der Waals surface area contributed by atoms with E-state index in [-0.39, 0.29) is 46.8 Å². The van der Waals surface area contributed by atoms with Crippen molar-refractivity contribution >= 4 is 15.7 Å². The first-order valence-corrected chi connectivity index (χ1v) is 12.8. The van der Waals surface area contributed by atoms with E-state index >= 15 is 0 Å². The standard InChI is InChI=1S/C22H32N2O4S/c1-15(2)6-7-20-18-12-17(19-4-3-5-21(25)24(19)20)13-23(14-18)22(26)16-8-10-29(27,28)11-9-16/h3-5,15-18,20H,6-14H2,1-2H3/t17-,18+,20+/m1/s1. The maximum atomic E-state index is 13.2. The topological polar surface area (TPSA) is 76.5 Å². The van der Waals surface area contributed by atoms with Crippen molar-refractivity contribution < 1.29 is 13.2 Å². The number of amides is 1. The van der Waals surface area contributed by atoms with Crippen LogP contribution >= 0.6 is 0 Å². The Hall–Kier alpha value is -1.63. The number of fused-ring (bicyclic) bond motifs is 4. The fourth-order valence-electron chi connectivity index (χ4n) is 5.49. The van der Waals surface area contributed by atoms with Gasteiger partial charge in [-0.25, -0.2) is 8.42 Å². The number of carbonyl (C=O) groups is 1. The summed E-state index contributed by atoms with van der Waals surface area (Å²) < 4.78 is 25.5. The summed E-state index contributed by atoms with van der Waals surface area (Å²) in [7, 11) is -2.97. The lowest BCUT2D eigenvalue weighted by Gasteiger charge is -2.48. The minimum atomic E-state index is -2.97. The smallest absolute Gasteiger partial charge is 0.250 e. The van der Waals surface area contributed by atoms with Gasteiger partial charge in [-0.2, -0.15) is 0 Å². The number of aromatic nitrogens is 1. The molecule has 1 amide bonds. The third-order valence-corrected chi connectivity index (χ3v) is 8.77. The summed E-state index contributed by atoms with van der Waals surface area (Å²) in [6.45, 7) is 5.73. The van der Waals surface area contributed by atoms with Crippen molar-refractivity contribution in [3.05, 3.63) is 34.2 Å². The van der Waals surface area contributed by atoms with Crippen LogP contribution in [0.5, 0.6) is 0 Å². The Bertz CT molecular complexity index is 922. The van der Waals surface area contributed by atoms with Crippen molar-refractivity contribution in [1.29, 1.82) is 0 Å². The molecule has 4 heterocycles. The van der Waals surface area contributed by atoms with E-state index in [0.717, 1.165) is 25.0 Å². The zero-order chi connectivity index (χ0) is 20.8. The van der Waals surface area contributed by atoms with Crippen molar-refractivity contribution in [3.8, 4) is 0 Å². The Balaban J connectivity index is 1.58. The molecule has 4 rings (SSSR count). The van der Waals surface area contributed by atoms with Crippen molar-refractivity contribution in [2.75, 3.05) is 24.6 Å². The molecule has 7 heteroatoms. The Morgan fingerprint density at radius 1 is 1.17 bits per heavy atom. The molecule has 0 aliphatic carbocycles.